The number of nitrogens with one attached hydrogen (secondary N) is 1. The number of hydrogen-bond donors (Lipinski definition) is 3. The Morgan fingerprint density at radius 1 is 0.530 bits per heavy atom. The normalized spacial score (nSPS) is 14.5. The maximum atomic E-state index is 12.9. The monoisotopic (exact) mass is 948 g/mol. The molecule has 3 unspecified atom stereocenters. The maximum Gasteiger partial charge on any atom is 0.472 e. The van der Waals surface area contributed by atoms with Crippen molar-refractivity contribution in [2.24, 2.45) is 0 Å². The number of rotatable bonds is 50. The third-order valence-electron chi connectivity index (χ3n) is 12.2. The van der Waals surface area contributed by atoms with E-state index in [2.05, 4.69) is 67.8 Å². The van der Waals surface area contributed by atoms with E-state index >= 15 is 0 Å². The molecule has 0 bridgehead atoms. The maximum absolute atomic E-state index is 12.9. The van der Waals surface area contributed by atoms with Gasteiger partial charge in [0.1, 0.15) is 13.2 Å². The molecule has 0 aromatic heterocycles. The average molecular weight is 948 g/mol. The summed E-state index contributed by atoms with van der Waals surface area (Å²) >= 11 is 0. The van der Waals surface area contributed by atoms with E-state index < -0.39 is 20.0 Å². The molecule has 0 aromatic rings. The number of hydrogen-bond acceptors (Lipinski definition) is 5. The molecule has 3 N–H and O–H groups in total. The average Bonchev–Trinajstić information content (AvgIpc) is 3.28. The summed E-state index contributed by atoms with van der Waals surface area (Å²) in [6.07, 6.45) is 64.7. The molecule has 3 atom stereocenters. The molecule has 0 aliphatic heterocycles. The van der Waals surface area contributed by atoms with Crippen LogP contribution in [0.3, 0.4) is 0 Å². The van der Waals surface area contributed by atoms with Crippen LogP contribution >= 0.6 is 7.82 Å². The van der Waals surface area contributed by atoms with Gasteiger partial charge in [0, 0.05) is 6.42 Å². The molecule has 386 valence electrons. The minimum Gasteiger partial charge on any atom is -0.387 e. The van der Waals surface area contributed by atoms with Gasteiger partial charge in [-0.25, -0.2) is 4.57 Å². The zero-order valence-electron chi connectivity index (χ0n) is 43.9. The minimum absolute atomic E-state index is 0.0542. The molecule has 0 heterocycles. The molecule has 9 heteroatoms. The number of phosphoric acid groups is 1. The van der Waals surface area contributed by atoms with Gasteiger partial charge in [0.15, 0.2) is 0 Å². The number of aliphatic hydroxyl groups is 1. The second kappa shape index (κ2) is 48.2. The van der Waals surface area contributed by atoms with Crippen LogP contribution in [0.5, 0.6) is 0 Å². The highest BCUT2D eigenvalue weighted by molar-refractivity contribution is 7.47. The summed E-state index contributed by atoms with van der Waals surface area (Å²) in [5, 5.41) is 13.9. The van der Waals surface area contributed by atoms with E-state index in [1.54, 1.807) is 6.08 Å². The zero-order chi connectivity index (χ0) is 48.5. The number of aliphatic hydroxyl groups excluding tert-OH is 1. The van der Waals surface area contributed by atoms with Gasteiger partial charge in [-0.2, -0.15) is 0 Å². The summed E-state index contributed by atoms with van der Waals surface area (Å²) in [6, 6.07) is -0.863. The summed E-state index contributed by atoms with van der Waals surface area (Å²) in [5.74, 6) is -0.200. The van der Waals surface area contributed by atoms with Crippen molar-refractivity contribution in [2.45, 2.75) is 257 Å². The van der Waals surface area contributed by atoms with Crippen molar-refractivity contribution in [1.82, 2.24) is 5.32 Å². The van der Waals surface area contributed by atoms with E-state index in [-0.39, 0.29) is 19.1 Å². The van der Waals surface area contributed by atoms with E-state index in [0.717, 1.165) is 77.0 Å². The first-order valence-corrected chi connectivity index (χ1v) is 29.2. The Hall–Kier alpha value is -1.80. The van der Waals surface area contributed by atoms with Crippen LogP contribution in [-0.4, -0.2) is 73.4 Å². The number of unbranched alkanes of at least 4 members (excludes halogenated alkanes) is 29. The lowest BCUT2D eigenvalue weighted by molar-refractivity contribution is -0.870. The molecule has 0 aromatic carbocycles. The van der Waals surface area contributed by atoms with Gasteiger partial charge < -0.3 is 19.8 Å². The molecule has 66 heavy (non-hydrogen) atoms. The fourth-order valence-electron chi connectivity index (χ4n) is 7.92. The Balaban J connectivity index is 4.23. The molecule has 0 aliphatic carbocycles. The highest BCUT2D eigenvalue weighted by Crippen LogP contribution is 2.43. The predicted molar refractivity (Wildman–Crippen MR) is 286 cm³/mol. The number of carbonyl (C=O) groups excluding carboxylic acids is 1. The number of phosphoric ester groups is 1. The van der Waals surface area contributed by atoms with Gasteiger partial charge in [-0.15, -0.1) is 0 Å². The number of carbonyl (C=O) groups is 1. The number of nitrogens with zero attached hydrogens (tertiary/aromatic N) is 1. The van der Waals surface area contributed by atoms with E-state index in [0.29, 0.717) is 17.4 Å². The van der Waals surface area contributed by atoms with E-state index in [4.69, 9.17) is 9.05 Å². The standard InChI is InChI=1S/C57H107N2O6P/c1-6-8-10-12-14-16-18-20-22-24-25-26-27-28-29-30-31-32-33-35-36-38-40-42-44-46-48-50-56(60)55(54-65-66(62,63)64-53-52-59(3,4)5)58-57(61)51-49-47-45-43-41-39-37-34-23-21-19-17-15-13-11-9-7-2/h9,11,15,17,21,23,37,39,48,50,55-56,60H,6-8,10,12-14,16,18-20,22,24-36,38,40-47,49,51-54H2,1-5H3,(H-,58,61,62,63)/p+1/b11-9-,17-15-,23-21-,39-37-,50-48+. The lowest BCUT2D eigenvalue weighted by atomic mass is 10.0. The molecular weight excluding hydrogens is 840 g/mol. The van der Waals surface area contributed by atoms with Crippen molar-refractivity contribution >= 4 is 13.7 Å². The third-order valence-corrected chi connectivity index (χ3v) is 13.2. The molecule has 1 amide bonds. The summed E-state index contributed by atoms with van der Waals surface area (Å²) < 4.78 is 23.7. The summed E-state index contributed by atoms with van der Waals surface area (Å²) in [4.78, 5) is 23.2. The van der Waals surface area contributed by atoms with E-state index in [1.165, 1.54) is 148 Å². The Morgan fingerprint density at radius 2 is 0.909 bits per heavy atom. The molecule has 0 saturated carbocycles. The van der Waals surface area contributed by atoms with E-state index in [9.17, 15) is 19.4 Å². The van der Waals surface area contributed by atoms with Crippen molar-refractivity contribution in [3.63, 3.8) is 0 Å². The Kier molecular flexibility index (Phi) is 46.9. The molecule has 0 aliphatic rings. The van der Waals surface area contributed by atoms with Crippen LogP contribution in [0.1, 0.15) is 245 Å². The quantitative estimate of drug-likeness (QED) is 0.0243. The van der Waals surface area contributed by atoms with Gasteiger partial charge in [-0.3, -0.25) is 13.8 Å². The Labute approximate surface area is 409 Å². The lowest BCUT2D eigenvalue weighted by Gasteiger charge is -2.25. The van der Waals surface area contributed by atoms with E-state index in [1.807, 2.05) is 27.2 Å². The number of likely N-dealkylation sites (N-methyl/N-ethyl adjacent to an activating group) is 1. The Bertz CT molecular complexity index is 1260. The third kappa shape index (κ3) is 50.1. The van der Waals surface area contributed by atoms with Crippen LogP contribution in [-0.2, 0) is 18.4 Å². The molecule has 0 rings (SSSR count). The number of quaternary nitrogens is 1. The van der Waals surface area contributed by atoms with Gasteiger partial charge in [0.2, 0.25) is 5.91 Å². The molecule has 0 saturated heterocycles. The summed E-state index contributed by atoms with van der Waals surface area (Å²) in [5.41, 5.74) is 0. The summed E-state index contributed by atoms with van der Waals surface area (Å²) in [7, 11) is 1.55. The van der Waals surface area contributed by atoms with Crippen molar-refractivity contribution in [3.8, 4) is 0 Å². The fourth-order valence-corrected chi connectivity index (χ4v) is 8.65. The van der Waals surface area contributed by atoms with Crippen molar-refractivity contribution in [3.05, 3.63) is 60.8 Å². The number of amides is 1. The minimum atomic E-state index is -4.35. The van der Waals surface area contributed by atoms with Crippen LogP contribution in [0.2, 0.25) is 0 Å². The van der Waals surface area contributed by atoms with Crippen molar-refractivity contribution < 1.29 is 32.9 Å². The van der Waals surface area contributed by atoms with Crippen LogP contribution in [0, 0.1) is 0 Å². The molecular formula is C57H108N2O6P+. The lowest BCUT2D eigenvalue weighted by Crippen LogP contribution is -2.45. The van der Waals surface area contributed by atoms with Gasteiger partial charge in [-0.05, 0) is 57.8 Å². The van der Waals surface area contributed by atoms with Crippen molar-refractivity contribution in [1.29, 1.82) is 0 Å². The summed E-state index contributed by atoms with van der Waals surface area (Å²) in [6.45, 7) is 4.70. The first-order chi connectivity index (χ1) is 32.0. The van der Waals surface area contributed by atoms with Crippen LogP contribution < -0.4 is 5.32 Å². The zero-order valence-corrected chi connectivity index (χ0v) is 44.8. The molecule has 0 spiro atoms. The fraction of sp³-hybridized carbons (Fsp3) is 0.807. The smallest absolute Gasteiger partial charge is 0.387 e. The van der Waals surface area contributed by atoms with Crippen LogP contribution in [0.4, 0.5) is 0 Å². The molecule has 0 radical (unpaired) electrons. The molecule has 0 fully saturated rings. The van der Waals surface area contributed by atoms with Gasteiger partial charge in [0.25, 0.3) is 0 Å². The Morgan fingerprint density at radius 3 is 1.33 bits per heavy atom. The van der Waals surface area contributed by atoms with Gasteiger partial charge in [0.05, 0.1) is 39.9 Å². The highest BCUT2D eigenvalue weighted by Gasteiger charge is 2.27. The van der Waals surface area contributed by atoms with Crippen LogP contribution in [0.15, 0.2) is 60.8 Å². The SMILES string of the molecule is CC/C=C\C/C=C\C/C=C\C/C=C\CCCCCCC(=O)NC(COP(=O)(O)OCC[N+](C)(C)C)C(O)/C=C/CCCCCCCCCCCCCCCCCCCCCCCCCCC. The van der Waals surface area contributed by atoms with Crippen LogP contribution in [0.25, 0.3) is 0 Å². The second-order valence-corrected chi connectivity index (χ2v) is 21.4. The molecule has 8 nitrogen and oxygen atoms in total. The largest absolute Gasteiger partial charge is 0.472 e. The predicted octanol–water partition coefficient (Wildman–Crippen LogP) is 16.5. The van der Waals surface area contributed by atoms with Gasteiger partial charge >= 0.3 is 7.82 Å². The number of allylic oxidation sites excluding steroid dienone is 9. The van der Waals surface area contributed by atoms with Crippen molar-refractivity contribution in [2.75, 3.05) is 40.9 Å². The highest BCUT2D eigenvalue weighted by atomic mass is 31.2. The topological polar surface area (TPSA) is 105 Å². The first kappa shape index (κ1) is 64.2. The second-order valence-electron chi connectivity index (χ2n) is 19.9. The van der Waals surface area contributed by atoms with Gasteiger partial charge in [-0.1, -0.05) is 242 Å². The first-order valence-electron chi connectivity index (χ1n) is 27.7.